The summed E-state index contributed by atoms with van der Waals surface area (Å²) in [6, 6.07) is 6.70. The standard InChI is InChI=1S/C23H30N4O3S/c1-15(2)12-18-23(30)27(20-9-6-5-8-16(20)22(29)26-18)11-7-3-4-10-21(28)25-19-14-31-13-17(19)24/h5-6,8-9,13-15,18H,3-4,7,10-12,24H2,1-2H3,(H,25,28)(H,26,29)/t18-/m1/s1. The highest BCUT2D eigenvalue weighted by Gasteiger charge is 2.33. The van der Waals surface area contributed by atoms with E-state index in [0.29, 0.717) is 48.4 Å². The van der Waals surface area contributed by atoms with Gasteiger partial charge in [0.25, 0.3) is 5.91 Å². The summed E-state index contributed by atoms with van der Waals surface area (Å²) in [5.41, 5.74) is 8.21. The van der Waals surface area contributed by atoms with Gasteiger partial charge in [0.15, 0.2) is 0 Å². The molecule has 4 N–H and O–H groups in total. The van der Waals surface area contributed by atoms with Gasteiger partial charge in [-0.05, 0) is 37.3 Å². The maximum absolute atomic E-state index is 13.2. The number of nitrogens with two attached hydrogens (primary N) is 1. The van der Waals surface area contributed by atoms with Crippen LogP contribution in [-0.2, 0) is 9.59 Å². The Morgan fingerprint density at radius 3 is 2.68 bits per heavy atom. The third-order valence-electron chi connectivity index (χ3n) is 5.27. The number of anilines is 3. The first-order valence-electron chi connectivity index (χ1n) is 10.7. The van der Waals surface area contributed by atoms with Crippen LogP contribution in [0.2, 0.25) is 0 Å². The number of nitrogens with zero attached hydrogens (tertiary/aromatic N) is 1. The Labute approximate surface area is 187 Å². The highest BCUT2D eigenvalue weighted by molar-refractivity contribution is 7.09. The third-order valence-corrected chi connectivity index (χ3v) is 6.03. The van der Waals surface area contributed by atoms with Gasteiger partial charge >= 0.3 is 0 Å². The Morgan fingerprint density at radius 1 is 1.19 bits per heavy atom. The third kappa shape index (κ3) is 5.85. The minimum Gasteiger partial charge on any atom is -0.396 e. The Balaban J connectivity index is 1.57. The molecule has 1 atom stereocenters. The molecule has 8 heteroatoms. The first-order chi connectivity index (χ1) is 14.9. The second-order valence-corrected chi connectivity index (χ2v) is 9.01. The topological polar surface area (TPSA) is 105 Å². The van der Waals surface area contributed by atoms with Gasteiger partial charge in [-0.15, -0.1) is 11.3 Å². The SMILES string of the molecule is CC(C)C[C@H]1NC(=O)c2ccccc2N(CCCCCC(=O)Nc2cscc2N)C1=O. The van der Waals surface area contributed by atoms with E-state index in [-0.39, 0.29) is 23.6 Å². The van der Waals surface area contributed by atoms with Crippen molar-refractivity contribution in [2.24, 2.45) is 5.92 Å². The zero-order valence-corrected chi connectivity index (χ0v) is 18.8. The molecule has 2 heterocycles. The molecular formula is C23H30N4O3S. The Hall–Kier alpha value is -2.87. The summed E-state index contributed by atoms with van der Waals surface area (Å²) >= 11 is 1.45. The minimum absolute atomic E-state index is 0.0620. The van der Waals surface area contributed by atoms with Crippen molar-refractivity contribution in [3.05, 3.63) is 40.6 Å². The Bertz CT molecular complexity index is 940. The number of nitrogen functional groups attached to an aromatic ring is 1. The van der Waals surface area contributed by atoms with E-state index in [1.807, 2.05) is 37.4 Å². The van der Waals surface area contributed by atoms with Gasteiger partial charge in [-0.2, -0.15) is 0 Å². The fourth-order valence-corrected chi connectivity index (χ4v) is 4.39. The molecule has 0 bridgehead atoms. The molecule has 0 aliphatic carbocycles. The smallest absolute Gasteiger partial charge is 0.254 e. The van der Waals surface area contributed by atoms with Crippen LogP contribution >= 0.6 is 11.3 Å². The molecule has 0 radical (unpaired) electrons. The summed E-state index contributed by atoms with van der Waals surface area (Å²) < 4.78 is 0. The molecule has 31 heavy (non-hydrogen) atoms. The molecule has 1 aromatic heterocycles. The van der Waals surface area contributed by atoms with Gasteiger partial charge in [0, 0.05) is 23.7 Å². The quantitative estimate of drug-likeness (QED) is 0.510. The summed E-state index contributed by atoms with van der Waals surface area (Å²) in [6.45, 7) is 4.59. The van der Waals surface area contributed by atoms with E-state index in [4.69, 9.17) is 5.73 Å². The summed E-state index contributed by atoms with van der Waals surface area (Å²) in [7, 11) is 0. The van der Waals surface area contributed by atoms with E-state index in [1.165, 1.54) is 11.3 Å². The molecule has 1 aromatic carbocycles. The van der Waals surface area contributed by atoms with E-state index in [9.17, 15) is 14.4 Å². The van der Waals surface area contributed by atoms with Crippen molar-refractivity contribution < 1.29 is 14.4 Å². The van der Waals surface area contributed by atoms with Gasteiger partial charge in [0.1, 0.15) is 6.04 Å². The van der Waals surface area contributed by atoms with Gasteiger partial charge in [-0.1, -0.05) is 32.4 Å². The lowest BCUT2D eigenvalue weighted by Gasteiger charge is -2.26. The predicted molar refractivity (Wildman–Crippen MR) is 125 cm³/mol. The molecule has 3 rings (SSSR count). The predicted octanol–water partition coefficient (Wildman–Crippen LogP) is 4.02. The van der Waals surface area contributed by atoms with Gasteiger partial charge in [0.2, 0.25) is 11.8 Å². The minimum atomic E-state index is -0.526. The second kappa shape index (κ2) is 10.4. The van der Waals surface area contributed by atoms with Crippen LogP contribution in [0, 0.1) is 5.92 Å². The summed E-state index contributed by atoms with van der Waals surface area (Å²) in [6.07, 6.45) is 3.26. The second-order valence-electron chi connectivity index (χ2n) is 8.26. The number of carbonyl (C=O) groups excluding carboxylic acids is 3. The summed E-state index contributed by atoms with van der Waals surface area (Å²) in [4.78, 5) is 39.7. The first-order valence-corrected chi connectivity index (χ1v) is 11.6. The van der Waals surface area contributed by atoms with Crippen molar-refractivity contribution in [2.45, 2.75) is 52.0 Å². The van der Waals surface area contributed by atoms with E-state index in [0.717, 1.165) is 12.8 Å². The Morgan fingerprint density at radius 2 is 1.97 bits per heavy atom. The fourth-order valence-electron chi connectivity index (χ4n) is 3.72. The van der Waals surface area contributed by atoms with Crippen LogP contribution in [0.25, 0.3) is 0 Å². The van der Waals surface area contributed by atoms with Crippen molar-refractivity contribution in [1.29, 1.82) is 0 Å². The van der Waals surface area contributed by atoms with Crippen LogP contribution in [0.5, 0.6) is 0 Å². The van der Waals surface area contributed by atoms with Gasteiger partial charge < -0.3 is 21.3 Å². The number of fused-ring (bicyclic) bond motifs is 1. The zero-order chi connectivity index (χ0) is 22.4. The number of nitrogens with one attached hydrogen (secondary N) is 2. The number of hydrogen-bond donors (Lipinski definition) is 3. The van der Waals surface area contributed by atoms with E-state index >= 15 is 0 Å². The van der Waals surface area contributed by atoms with Crippen LogP contribution in [0.3, 0.4) is 0 Å². The molecule has 0 fully saturated rings. The van der Waals surface area contributed by atoms with E-state index < -0.39 is 6.04 Å². The highest BCUT2D eigenvalue weighted by atomic mass is 32.1. The molecule has 0 saturated heterocycles. The lowest BCUT2D eigenvalue weighted by Crippen LogP contribution is -2.46. The van der Waals surface area contributed by atoms with Crippen LogP contribution in [0.4, 0.5) is 17.1 Å². The van der Waals surface area contributed by atoms with Gasteiger partial charge in [-0.3, -0.25) is 14.4 Å². The number of rotatable bonds is 9. The van der Waals surface area contributed by atoms with E-state index in [1.54, 1.807) is 16.3 Å². The van der Waals surface area contributed by atoms with Crippen molar-refractivity contribution in [3.63, 3.8) is 0 Å². The van der Waals surface area contributed by atoms with Crippen LogP contribution < -0.4 is 21.3 Å². The molecule has 0 spiro atoms. The molecule has 2 aromatic rings. The number of hydrogen-bond acceptors (Lipinski definition) is 5. The van der Waals surface area contributed by atoms with Gasteiger partial charge in [0.05, 0.1) is 22.6 Å². The molecule has 0 unspecified atom stereocenters. The molecule has 7 nitrogen and oxygen atoms in total. The molecule has 1 aliphatic heterocycles. The largest absolute Gasteiger partial charge is 0.396 e. The number of amides is 3. The van der Waals surface area contributed by atoms with Crippen LogP contribution in [0.15, 0.2) is 35.0 Å². The normalized spacial score (nSPS) is 16.1. The molecule has 0 saturated carbocycles. The maximum Gasteiger partial charge on any atom is 0.254 e. The average molecular weight is 443 g/mol. The number of carbonyl (C=O) groups is 3. The van der Waals surface area contributed by atoms with Gasteiger partial charge in [-0.25, -0.2) is 0 Å². The molecule has 3 amide bonds. The number of para-hydroxylation sites is 1. The Kier molecular flexibility index (Phi) is 7.68. The van der Waals surface area contributed by atoms with Crippen molar-refractivity contribution in [2.75, 3.05) is 22.5 Å². The van der Waals surface area contributed by atoms with Crippen LogP contribution in [0.1, 0.15) is 56.3 Å². The van der Waals surface area contributed by atoms with Crippen LogP contribution in [-0.4, -0.2) is 30.3 Å². The van der Waals surface area contributed by atoms with Crippen molar-refractivity contribution in [3.8, 4) is 0 Å². The number of unbranched alkanes of at least 4 members (excludes halogenated alkanes) is 2. The number of benzene rings is 1. The monoisotopic (exact) mass is 442 g/mol. The summed E-state index contributed by atoms with van der Waals surface area (Å²) in [5, 5.41) is 9.33. The number of thiophene rings is 1. The maximum atomic E-state index is 13.2. The average Bonchev–Trinajstić information content (AvgIpc) is 3.09. The van der Waals surface area contributed by atoms with E-state index in [2.05, 4.69) is 10.6 Å². The lowest BCUT2D eigenvalue weighted by atomic mass is 10.0. The zero-order valence-electron chi connectivity index (χ0n) is 18.0. The van der Waals surface area contributed by atoms with Crippen molar-refractivity contribution >= 4 is 46.1 Å². The first kappa shape index (κ1) is 22.8. The summed E-state index contributed by atoms with van der Waals surface area (Å²) in [5.74, 6) is -0.0553. The fraction of sp³-hybridized carbons (Fsp3) is 0.435. The molecule has 1 aliphatic rings. The highest BCUT2D eigenvalue weighted by Crippen LogP contribution is 2.26. The van der Waals surface area contributed by atoms with Crippen molar-refractivity contribution in [1.82, 2.24) is 5.32 Å². The lowest BCUT2D eigenvalue weighted by molar-refractivity contribution is -0.120. The molecular weight excluding hydrogens is 412 g/mol. The molecule has 166 valence electrons.